The van der Waals surface area contributed by atoms with Crippen molar-refractivity contribution in [3.05, 3.63) is 30.1 Å². The van der Waals surface area contributed by atoms with Crippen LogP contribution in [-0.4, -0.2) is 23.0 Å². The van der Waals surface area contributed by atoms with Crippen LogP contribution in [0, 0.1) is 12.3 Å². The van der Waals surface area contributed by atoms with Gasteiger partial charge in [0.15, 0.2) is 0 Å². The van der Waals surface area contributed by atoms with Crippen LogP contribution in [0.25, 0.3) is 0 Å². The molecule has 80 valence electrons. The van der Waals surface area contributed by atoms with Gasteiger partial charge in [-0.15, -0.1) is 18.2 Å². The Morgan fingerprint density at radius 1 is 1.53 bits per heavy atom. The lowest BCUT2D eigenvalue weighted by atomic mass is 10.1. The first-order chi connectivity index (χ1) is 7.34. The molecule has 0 aromatic carbocycles. The van der Waals surface area contributed by atoms with Crippen LogP contribution in [-0.2, 0) is 0 Å². The van der Waals surface area contributed by atoms with E-state index < -0.39 is 0 Å². The predicted octanol–water partition coefficient (Wildman–Crippen LogP) is 2.10. The van der Waals surface area contributed by atoms with Crippen molar-refractivity contribution in [2.75, 3.05) is 18.1 Å². The first-order valence-corrected chi connectivity index (χ1v) is 6.14. The molecular formula is C12H16N2S. The molecule has 0 spiro atoms. The van der Waals surface area contributed by atoms with E-state index in [2.05, 4.69) is 23.1 Å². The van der Waals surface area contributed by atoms with Gasteiger partial charge in [-0.1, -0.05) is 5.92 Å². The van der Waals surface area contributed by atoms with Gasteiger partial charge in [0.1, 0.15) is 0 Å². The summed E-state index contributed by atoms with van der Waals surface area (Å²) >= 11 is 1.78. The summed E-state index contributed by atoms with van der Waals surface area (Å²) in [5.41, 5.74) is 1.27. The van der Waals surface area contributed by atoms with E-state index in [0.717, 1.165) is 18.1 Å². The molecule has 0 aliphatic carbocycles. The Kier molecular flexibility index (Phi) is 5.91. The van der Waals surface area contributed by atoms with Gasteiger partial charge in [0.05, 0.1) is 5.75 Å². The van der Waals surface area contributed by atoms with E-state index in [9.17, 15) is 0 Å². The Bertz CT molecular complexity index is 305. The molecule has 3 heteroatoms. The summed E-state index contributed by atoms with van der Waals surface area (Å²) in [4.78, 5) is 3.99. The van der Waals surface area contributed by atoms with Crippen molar-refractivity contribution in [2.24, 2.45) is 0 Å². The molecule has 2 nitrogen and oxygen atoms in total. The summed E-state index contributed by atoms with van der Waals surface area (Å²) in [6, 6.07) is 4.44. The van der Waals surface area contributed by atoms with Crippen LogP contribution in [0.2, 0.25) is 0 Å². The van der Waals surface area contributed by atoms with E-state index in [1.54, 1.807) is 11.8 Å². The van der Waals surface area contributed by atoms with E-state index in [1.807, 2.05) is 24.5 Å². The second kappa shape index (κ2) is 7.33. The lowest BCUT2D eigenvalue weighted by molar-refractivity contribution is 0.601. The zero-order valence-corrected chi connectivity index (χ0v) is 9.76. The minimum atomic E-state index is 0.374. The fraction of sp³-hybridized carbons (Fsp3) is 0.417. The molecule has 0 bridgehead atoms. The lowest BCUT2D eigenvalue weighted by Gasteiger charge is -2.13. The van der Waals surface area contributed by atoms with Gasteiger partial charge in [0.25, 0.3) is 0 Å². The first-order valence-electron chi connectivity index (χ1n) is 4.99. The molecule has 0 fully saturated rings. The van der Waals surface area contributed by atoms with Crippen LogP contribution in [0.4, 0.5) is 0 Å². The van der Waals surface area contributed by atoms with Crippen LogP contribution < -0.4 is 5.32 Å². The van der Waals surface area contributed by atoms with Crippen LogP contribution in [0.15, 0.2) is 24.5 Å². The topological polar surface area (TPSA) is 24.9 Å². The normalized spacial score (nSPS) is 12.0. The van der Waals surface area contributed by atoms with Gasteiger partial charge in [-0.2, -0.15) is 0 Å². The number of aromatic nitrogens is 1. The molecule has 0 aliphatic rings. The number of hydrogen-bond donors (Lipinski definition) is 1. The van der Waals surface area contributed by atoms with Crippen LogP contribution in [0.5, 0.6) is 0 Å². The Morgan fingerprint density at radius 3 is 2.93 bits per heavy atom. The highest BCUT2D eigenvalue weighted by molar-refractivity contribution is 7.99. The van der Waals surface area contributed by atoms with Gasteiger partial charge in [-0.05, 0) is 24.6 Å². The summed E-state index contributed by atoms with van der Waals surface area (Å²) < 4.78 is 0. The molecule has 0 saturated heterocycles. The van der Waals surface area contributed by atoms with Gasteiger partial charge >= 0.3 is 0 Å². The molecule has 1 atom stereocenters. The highest BCUT2D eigenvalue weighted by Gasteiger charge is 2.02. The number of rotatable bonds is 6. The van der Waals surface area contributed by atoms with Gasteiger partial charge in [-0.3, -0.25) is 4.98 Å². The minimum Gasteiger partial charge on any atom is -0.309 e. The summed E-state index contributed by atoms with van der Waals surface area (Å²) in [5, 5.41) is 3.44. The fourth-order valence-corrected chi connectivity index (χ4v) is 1.77. The molecule has 15 heavy (non-hydrogen) atoms. The van der Waals surface area contributed by atoms with Crippen molar-refractivity contribution in [3.8, 4) is 12.3 Å². The molecule has 0 amide bonds. The molecule has 1 N–H and O–H groups in total. The van der Waals surface area contributed by atoms with E-state index in [4.69, 9.17) is 6.42 Å². The smallest absolute Gasteiger partial charge is 0.0545 e. The third kappa shape index (κ3) is 4.87. The fourth-order valence-electron chi connectivity index (χ4n) is 1.25. The quantitative estimate of drug-likeness (QED) is 0.587. The number of nitrogens with zero attached hydrogens (tertiary/aromatic N) is 1. The van der Waals surface area contributed by atoms with Crippen molar-refractivity contribution in [2.45, 2.75) is 13.0 Å². The van der Waals surface area contributed by atoms with Gasteiger partial charge in [0.2, 0.25) is 0 Å². The maximum absolute atomic E-state index is 5.16. The Morgan fingerprint density at radius 2 is 2.27 bits per heavy atom. The van der Waals surface area contributed by atoms with Crippen LogP contribution in [0.1, 0.15) is 18.5 Å². The van der Waals surface area contributed by atoms with Crippen molar-refractivity contribution in [1.29, 1.82) is 0 Å². The first kappa shape index (κ1) is 12.1. The monoisotopic (exact) mass is 220 g/mol. The maximum atomic E-state index is 5.16. The molecule has 1 unspecified atom stereocenters. The average Bonchev–Trinajstić information content (AvgIpc) is 2.30. The third-order valence-electron chi connectivity index (χ3n) is 2.09. The van der Waals surface area contributed by atoms with E-state index >= 15 is 0 Å². The highest BCUT2D eigenvalue weighted by Crippen LogP contribution is 2.09. The largest absolute Gasteiger partial charge is 0.309 e. The predicted molar refractivity (Wildman–Crippen MR) is 66.8 cm³/mol. The summed E-state index contributed by atoms with van der Waals surface area (Å²) in [5.74, 6) is 4.47. The summed E-state index contributed by atoms with van der Waals surface area (Å²) in [6.07, 6.45) is 8.80. The van der Waals surface area contributed by atoms with Crippen molar-refractivity contribution >= 4 is 11.8 Å². The van der Waals surface area contributed by atoms with Crippen molar-refractivity contribution in [1.82, 2.24) is 10.3 Å². The van der Waals surface area contributed by atoms with E-state index in [1.165, 1.54) is 5.56 Å². The number of hydrogen-bond acceptors (Lipinski definition) is 3. The van der Waals surface area contributed by atoms with E-state index in [-0.39, 0.29) is 0 Å². The number of terminal acetylenes is 1. The van der Waals surface area contributed by atoms with Crippen molar-refractivity contribution in [3.63, 3.8) is 0 Å². The summed E-state index contributed by atoms with van der Waals surface area (Å²) in [7, 11) is 0. The molecule has 1 heterocycles. The van der Waals surface area contributed by atoms with Gasteiger partial charge < -0.3 is 5.32 Å². The molecule has 0 saturated carbocycles. The van der Waals surface area contributed by atoms with Crippen LogP contribution in [0.3, 0.4) is 0 Å². The molecule has 0 aliphatic heterocycles. The number of thioether (sulfide) groups is 1. The SMILES string of the molecule is C#CCSCCNC(C)c1ccncc1. The van der Waals surface area contributed by atoms with Gasteiger partial charge in [0, 0.05) is 30.7 Å². The van der Waals surface area contributed by atoms with Crippen molar-refractivity contribution < 1.29 is 0 Å². The Balaban J connectivity index is 2.20. The van der Waals surface area contributed by atoms with E-state index in [0.29, 0.717) is 6.04 Å². The molecule has 1 aromatic rings. The summed E-state index contributed by atoms with van der Waals surface area (Å²) in [6.45, 7) is 3.14. The standard InChI is InChI=1S/C12H16N2S/c1-3-9-15-10-8-14-11(2)12-4-6-13-7-5-12/h1,4-7,11,14H,8-10H2,2H3. The number of nitrogens with one attached hydrogen (secondary N) is 1. The minimum absolute atomic E-state index is 0.374. The van der Waals surface area contributed by atoms with Crippen LogP contribution >= 0.6 is 11.8 Å². The zero-order valence-electron chi connectivity index (χ0n) is 8.94. The maximum Gasteiger partial charge on any atom is 0.0545 e. The Labute approximate surface area is 95.9 Å². The lowest BCUT2D eigenvalue weighted by Crippen LogP contribution is -2.21. The zero-order chi connectivity index (χ0) is 10.9. The second-order valence-electron chi connectivity index (χ2n) is 3.21. The Hall–Kier alpha value is -0.980. The molecule has 1 rings (SSSR count). The van der Waals surface area contributed by atoms with Gasteiger partial charge in [-0.25, -0.2) is 0 Å². The second-order valence-corrected chi connectivity index (χ2v) is 4.32. The molecule has 1 aromatic heterocycles. The molecule has 0 radical (unpaired) electrons. The number of pyridine rings is 1. The third-order valence-corrected chi connectivity index (χ3v) is 2.95. The average molecular weight is 220 g/mol. The molecular weight excluding hydrogens is 204 g/mol. The highest BCUT2D eigenvalue weighted by atomic mass is 32.2.